The Labute approximate surface area is 72.4 Å². The summed E-state index contributed by atoms with van der Waals surface area (Å²) in [5.41, 5.74) is 0. The van der Waals surface area contributed by atoms with Crippen LogP contribution in [0.3, 0.4) is 0 Å². The molecule has 0 bridgehead atoms. The molecule has 0 aliphatic carbocycles. The van der Waals surface area contributed by atoms with Crippen molar-refractivity contribution in [3.05, 3.63) is 0 Å². The van der Waals surface area contributed by atoms with Crippen LogP contribution in [0, 0.1) is 5.92 Å². The fraction of sp³-hybridized carbons (Fsp3) is 0.889. The van der Waals surface area contributed by atoms with Gasteiger partial charge in [-0.1, -0.05) is 0 Å². The topological polar surface area (TPSA) is 40.5 Å². The maximum atomic E-state index is 11.4. The number of carbonyl (C=O) groups excluding carboxylic acids is 1. The second-order valence-electron chi connectivity index (χ2n) is 3.78. The van der Waals surface area contributed by atoms with Crippen molar-refractivity contribution >= 4 is 5.91 Å². The van der Waals surface area contributed by atoms with E-state index in [0.717, 1.165) is 25.8 Å². The first-order chi connectivity index (χ1) is 5.83. The summed E-state index contributed by atoms with van der Waals surface area (Å²) >= 11 is 0. The van der Waals surface area contributed by atoms with Crippen molar-refractivity contribution in [2.24, 2.45) is 5.92 Å². The van der Waals surface area contributed by atoms with E-state index in [-0.39, 0.29) is 6.61 Å². The van der Waals surface area contributed by atoms with Crippen LogP contribution in [-0.4, -0.2) is 35.1 Å². The standard InChI is InChI=1S/C9H15NO2/c11-6-7-3-4-9(12)10-5-1-2-8(7)10/h7-8,11H,1-6H2/t7-,8+/m1/s1. The van der Waals surface area contributed by atoms with Gasteiger partial charge < -0.3 is 10.0 Å². The minimum Gasteiger partial charge on any atom is -0.396 e. The van der Waals surface area contributed by atoms with Gasteiger partial charge in [0.05, 0.1) is 0 Å². The molecule has 2 atom stereocenters. The van der Waals surface area contributed by atoms with Crippen molar-refractivity contribution in [2.75, 3.05) is 13.2 Å². The predicted molar refractivity (Wildman–Crippen MR) is 44.5 cm³/mol. The van der Waals surface area contributed by atoms with E-state index < -0.39 is 0 Å². The summed E-state index contributed by atoms with van der Waals surface area (Å²) in [4.78, 5) is 13.3. The van der Waals surface area contributed by atoms with Crippen molar-refractivity contribution in [3.63, 3.8) is 0 Å². The highest BCUT2D eigenvalue weighted by Crippen LogP contribution is 2.31. The Morgan fingerprint density at radius 2 is 2.33 bits per heavy atom. The summed E-state index contributed by atoms with van der Waals surface area (Å²) in [7, 11) is 0. The van der Waals surface area contributed by atoms with Crippen molar-refractivity contribution in [3.8, 4) is 0 Å². The lowest BCUT2D eigenvalue weighted by Gasteiger charge is -2.35. The maximum Gasteiger partial charge on any atom is 0.222 e. The number of nitrogens with zero attached hydrogens (tertiary/aromatic N) is 1. The summed E-state index contributed by atoms with van der Waals surface area (Å²) in [6.45, 7) is 1.16. The van der Waals surface area contributed by atoms with Crippen LogP contribution in [0.2, 0.25) is 0 Å². The van der Waals surface area contributed by atoms with Crippen LogP contribution in [0.1, 0.15) is 25.7 Å². The van der Waals surface area contributed by atoms with Gasteiger partial charge in [-0.25, -0.2) is 0 Å². The summed E-state index contributed by atoms with van der Waals surface area (Å²) in [5.74, 6) is 0.646. The Hall–Kier alpha value is -0.570. The van der Waals surface area contributed by atoms with E-state index in [9.17, 15) is 4.79 Å². The van der Waals surface area contributed by atoms with E-state index in [1.54, 1.807) is 0 Å². The molecule has 2 heterocycles. The lowest BCUT2D eigenvalue weighted by atomic mass is 9.90. The molecule has 68 valence electrons. The van der Waals surface area contributed by atoms with E-state index in [1.165, 1.54) is 0 Å². The van der Waals surface area contributed by atoms with Gasteiger partial charge in [-0.3, -0.25) is 4.79 Å². The number of rotatable bonds is 1. The van der Waals surface area contributed by atoms with E-state index in [0.29, 0.717) is 24.3 Å². The second kappa shape index (κ2) is 3.05. The Morgan fingerprint density at radius 3 is 3.08 bits per heavy atom. The average molecular weight is 169 g/mol. The Balaban J connectivity index is 2.10. The molecule has 12 heavy (non-hydrogen) atoms. The first-order valence-electron chi connectivity index (χ1n) is 4.73. The summed E-state index contributed by atoms with van der Waals surface area (Å²) in [5, 5.41) is 9.09. The van der Waals surface area contributed by atoms with E-state index in [1.807, 2.05) is 4.90 Å². The molecule has 0 spiro atoms. The van der Waals surface area contributed by atoms with E-state index in [2.05, 4.69) is 0 Å². The van der Waals surface area contributed by atoms with Crippen molar-refractivity contribution in [1.82, 2.24) is 4.90 Å². The molecule has 3 nitrogen and oxygen atoms in total. The van der Waals surface area contributed by atoms with Crippen LogP contribution in [0.4, 0.5) is 0 Å². The average Bonchev–Trinajstić information content (AvgIpc) is 2.54. The molecule has 0 saturated carbocycles. The third-order valence-electron chi connectivity index (χ3n) is 3.13. The molecule has 0 aromatic carbocycles. The molecule has 3 heteroatoms. The number of piperidine rings is 1. The van der Waals surface area contributed by atoms with E-state index in [4.69, 9.17) is 5.11 Å². The molecule has 1 amide bonds. The van der Waals surface area contributed by atoms with E-state index >= 15 is 0 Å². The minimum absolute atomic E-state index is 0.244. The number of aliphatic hydroxyl groups excluding tert-OH is 1. The molecule has 1 N–H and O–H groups in total. The summed E-state index contributed by atoms with van der Waals surface area (Å²) < 4.78 is 0. The lowest BCUT2D eigenvalue weighted by Crippen LogP contribution is -2.45. The van der Waals surface area contributed by atoms with Crippen LogP contribution >= 0.6 is 0 Å². The van der Waals surface area contributed by atoms with Gasteiger partial charge in [-0.2, -0.15) is 0 Å². The van der Waals surface area contributed by atoms with Gasteiger partial charge in [-0.05, 0) is 19.3 Å². The first kappa shape index (κ1) is 8.05. The number of hydrogen-bond acceptors (Lipinski definition) is 2. The first-order valence-corrected chi connectivity index (χ1v) is 4.73. The van der Waals surface area contributed by atoms with Crippen LogP contribution in [-0.2, 0) is 4.79 Å². The number of amides is 1. The van der Waals surface area contributed by atoms with Gasteiger partial charge in [0.25, 0.3) is 0 Å². The molecule has 2 fully saturated rings. The molecule has 2 aliphatic rings. The molecule has 2 aliphatic heterocycles. The molecular weight excluding hydrogens is 154 g/mol. The van der Waals surface area contributed by atoms with Crippen molar-refractivity contribution in [1.29, 1.82) is 0 Å². The minimum atomic E-state index is 0.244. The monoisotopic (exact) mass is 169 g/mol. The maximum absolute atomic E-state index is 11.4. The zero-order valence-electron chi connectivity index (χ0n) is 7.20. The van der Waals surface area contributed by atoms with Gasteiger partial charge >= 0.3 is 0 Å². The van der Waals surface area contributed by atoms with Crippen LogP contribution in [0.5, 0.6) is 0 Å². The fourth-order valence-electron chi connectivity index (χ4n) is 2.45. The van der Waals surface area contributed by atoms with Gasteiger partial charge in [0.1, 0.15) is 0 Å². The number of aliphatic hydroxyl groups is 1. The number of carbonyl (C=O) groups is 1. The molecule has 0 unspecified atom stereocenters. The summed E-state index contributed by atoms with van der Waals surface area (Å²) in [6.07, 6.45) is 3.74. The van der Waals surface area contributed by atoms with Gasteiger partial charge in [0, 0.05) is 31.5 Å². The highest BCUT2D eigenvalue weighted by Gasteiger charge is 2.37. The van der Waals surface area contributed by atoms with Crippen molar-refractivity contribution < 1.29 is 9.90 Å². The van der Waals surface area contributed by atoms with Crippen LogP contribution in [0.25, 0.3) is 0 Å². The molecule has 2 rings (SSSR count). The molecule has 0 aromatic rings. The third kappa shape index (κ3) is 1.12. The Kier molecular flexibility index (Phi) is 2.05. The Bertz CT molecular complexity index is 193. The SMILES string of the molecule is O=C1CC[C@H](CO)[C@@H]2CCCN12. The predicted octanol–water partition coefficient (Wildman–Crippen LogP) is 0.380. The Morgan fingerprint density at radius 1 is 1.50 bits per heavy atom. The third-order valence-corrected chi connectivity index (χ3v) is 3.13. The smallest absolute Gasteiger partial charge is 0.222 e. The fourth-order valence-corrected chi connectivity index (χ4v) is 2.45. The zero-order chi connectivity index (χ0) is 8.55. The van der Waals surface area contributed by atoms with Gasteiger partial charge in [0.2, 0.25) is 5.91 Å². The number of hydrogen-bond donors (Lipinski definition) is 1. The molecule has 2 saturated heterocycles. The van der Waals surface area contributed by atoms with Gasteiger partial charge in [0.15, 0.2) is 0 Å². The molecule has 0 radical (unpaired) electrons. The van der Waals surface area contributed by atoms with Crippen molar-refractivity contribution in [2.45, 2.75) is 31.7 Å². The lowest BCUT2D eigenvalue weighted by molar-refractivity contribution is -0.137. The largest absolute Gasteiger partial charge is 0.396 e. The zero-order valence-corrected chi connectivity index (χ0v) is 7.20. The van der Waals surface area contributed by atoms with Crippen LogP contribution in [0.15, 0.2) is 0 Å². The summed E-state index contributed by atoms with van der Waals surface area (Å²) in [6, 6.07) is 0.358. The van der Waals surface area contributed by atoms with Gasteiger partial charge in [-0.15, -0.1) is 0 Å². The van der Waals surface area contributed by atoms with Crippen LogP contribution < -0.4 is 0 Å². The molecule has 0 aromatic heterocycles. The molecular formula is C9H15NO2. The second-order valence-corrected chi connectivity index (χ2v) is 3.78. The highest BCUT2D eigenvalue weighted by atomic mass is 16.3. The highest BCUT2D eigenvalue weighted by molar-refractivity contribution is 5.77. The normalized spacial score (nSPS) is 35.4. The number of fused-ring (bicyclic) bond motifs is 1. The quantitative estimate of drug-likeness (QED) is 0.616.